The Morgan fingerprint density at radius 3 is 2.38 bits per heavy atom. The van der Waals surface area contributed by atoms with Gasteiger partial charge in [0.2, 0.25) is 0 Å². The van der Waals surface area contributed by atoms with E-state index in [9.17, 15) is 27.9 Å². The second kappa shape index (κ2) is 12.0. The molecule has 10 heteroatoms. The molecule has 3 rings (SSSR count). The fourth-order valence-electron chi connectivity index (χ4n) is 4.18. The number of carbonyl (C=O) groups is 2. The minimum Gasteiger partial charge on any atom is -0.460 e. The molecular formula is C27H32F3IN2O4. The summed E-state index contributed by atoms with van der Waals surface area (Å²) in [5, 5.41) is 13.3. The summed E-state index contributed by atoms with van der Waals surface area (Å²) in [5.41, 5.74) is -2.26. The number of hydrogen-bond donors (Lipinski definition) is 2. The van der Waals surface area contributed by atoms with Crippen LogP contribution in [0, 0.1) is 21.0 Å². The van der Waals surface area contributed by atoms with Gasteiger partial charge in [0, 0.05) is 9.99 Å². The Labute approximate surface area is 228 Å². The molecule has 0 unspecified atom stereocenters. The molecule has 1 aliphatic heterocycles. The first kappa shape index (κ1) is 29.2. The lowest BCUT2D eigenvalue weighted by molar-refractivity contribution is -0.154. The number of aliphatic hydroxyl groups is 1. The molecule has 0 saturated carbocycles. The number of esters is 1. The number of nitrogens with zero attached hydrogens (tertiary/aromatic N) is 1. The SMILES string of the molecule is CC(C)(C)OC(=O)CCCCCCC1(O)CN(C(=O)c2ccc(F)c(F)c2Nc2ccc(I)cc2F)C1. The summed E-state index contributed by atoms with van der Waals surface area (Å²) in [4.78, 5) is 26.2. The van der Waals surface area contributed by atoms with E-state index >= 15 is 0 Å². The van der Waals surface area contributed by atoms with Crippen LogP contribution in [0.15, 0.2) is 30.3 Å². The van der Waals surface area contributed by atoms with Crippen molar-refractivity contribution in [1.82, 2.24) is 4.90 Å². The number of β-amino-alcohol motifs (C(OH)–C–C–N with tert-alkyl or cyclic N) is 1. The summed E-state index contributed by atoms with van der Waals surface area (Å²) in [7, 11) is 0. The van der Waals surface area contributed by atoms with Gasteiger partial charge in [0.1, 0.15) is 11.4 Å². The minimum atomic E-state index is -1.29. The largest absolute Gasteiger partial charge is 0.460 e. The van der Waals surface area contributed by atoms with E-state index < -0.39 is 40.2 Å². The van der Waals surface area contributed by atoms with Crippen LogP contribution in [0.1, 0.15) is 69.7 Å². The lowest BCUT2D eigenvalue weighted by Crippen LogP contribution is -2.63. The van der Waals surface area contributed by atoms with E-state index in [4.69, 9.17) is 4.74 Å². The van der Waals surface area contributed by atoms with E-state index in [2.05, 4.69) is 5.32 Å². The maximum Gasteiger partial charge on any atom is 0.306 e. The Bertz CT molecular complexity index is 1150. The number of nitrogens with one attached hydrogen (secondary N) is 1. The molecule has 202 valence electrons. The van der Waals surface area contributed by atoms with Gasteiger partial charge in [-0.1, -0.05) is 19.3 Å². The van der Waals surface area contributed by atoms with Gasteiger partial charge >= 0.3 is 5.97 Å². The first-order chi connectivity index (χ1) is 17.3. The number of amides is 1. The molecule has 1 aliphatic rings. The lowest BCUT2D eigenvalue weighted by Gasteiger charge is -2.46. The van der Waals surface area contributed by atoms with E-state index in [1.54, 1.807) is 6.07 Å². The van der Waals surface area contributed by atoms with Crippen LogP contribution in [-0.4, -0.2) is 46.2 Å². The van der Waals surface area contributed by atoms with Crippen molar-refractivity contribution in [2.24, 2.45) is 0 Å². The molecular weight excluding hydrogens is 600 g/mol. The van der Waals surface area contributed by atoms with Gasteiger partial charge in [-0.05, 0) is 86.5 Å². The number of hydrogen-bond acceptors (Lipinski definition) is 5. The van der Waals surface area contributed by atoms with Crippen molar-refractivity contribution in [2.75, 3.05) is 18.4 Å². The molecule has 0 radical (unpaired) electrons. The molecule has 1 amide bonds. The first-order valence-corrected chi connectivity index (χ1v) is 13.3. The van der Waals surface area contributed by atoms with Crippen LogP contribution in [0.5, 0.6) is 0 Å². The predicted octanol–water partition coefficient (Wildman–Crippen LogP) is 6.32. The second-order valence-electron chi connectivity index (χ2n) is 10.4. The monoisotopic (exact) mass is 632 g/mol. The highest BCUT2D eigenvalue weighted by Crippen LogP contribution is 2.33. The maximum absolute atomic E-state index is 14.6. The van der Waals surface area contributed by atoms with Gasteiger partial charge in [-0.25, -0.2) is 13.2 Å². The molecule has 1 saturated heterocycles. The van der Waals surface area contributed by atoms with Crippen molar-refractivity contribution in [2.45, 2.75) is 70.5 Å². The van der Waals surface area contributed by atoms with Crippen LogP contribution in [0.4, 0.5) is 24.5 Å². The van der Waals surface area contributed by atoms with Gasteiger partial charge in [0.05, 0.1) is 35.6 Å². The molecule has 0 aromatic heterocycles. The van der Waals surface area contributed by atoms with Gasteiger partial charge in [0.25, 0.3) is 5.91 Å². The van der Waals surface area contributed by atoms with Crippen LogP contribution < -0.4 is 5.32 Å². The number of rotatable bonds is 10. The standard InChI is InChI=1S/C27H32F3IN2O4/c1-26(2,3)37-22(34)8-6-4-5-7-13-27(36)15-33(16-27)25(35)18-10-11-19(28)23(30)24(18)32-21-12-9-17(31)14-20(21)29/h9-12,14,32,36H,4-8,13,15-16H2,1-3H3. The first-order valence-electron chi connectivity index (χ1n) is 12.2. The Balaban J connectivity index is 1.52. The van der Waals surface area contributed by atoms with Gasteiger partial charge in [0.15, 0.2) is 11.6 Å². The molecule has 1 heterocycles. The van der Waals surface area contributed by atoms with E-state index in [0.29, 0.717) is 22.8 Å². The van der Waals surface area contributed by atoms with Crippen LogP contribution >= 0.6 is 22.6 Å². The number of unbranched alkanes of at least 4 members (excludes halogenated alkanes) is 3. The zero-order valence-electron chi connectivity index (χ0n) is 21.2. The minimum absolute atomic E-state index is 0.0556. The molecule has 0 atom stereocenters. The van der Waals surface area contributed by atoms with E-state index in [-0.39, 0.29) is 30.3 Å². The zero-order chi connectivity index (χ0) is 27.4. The van der Waals surface area contributed by atoms with Gasteiger partial charge < -0.3 is 20.1 Å². The number of ether oxygens (including phenoxy) is 1. The molecule has 0 bridgehead atoms. The molecule has 2 aromatic rings. The Morgan fingerprint density at radius 2 is 1.73 bits per heavy atom. The van der Waals surface area contributed by atoms with Crippen molar-refractivity contribution >= 4 is 45.8 Å². The van der Waals surface area contributed by atoms with Crippen LogP contribution in [0.25, 0.3) is 0 Å². The molecule has 1 fully saturated rings. The van der Waals surface area contributed by atoms with Crippen LogP contribution in [-0.2, 0) is 9.53 Å². The van der Waals surface area contributed by atoms with E-state index in [1.165, 1.54) is 17.0 Å². The van der Waals surface area contributed by atoms with Gasteiger partial charge in [-0.15, -0.1) is 0 Å². The fraction of sp³-hybridized carbons (Fsp3) is 0.481. The summed E-state index contributed by atoms with van der Waals surface area (Å²) < 4.78 is 48.8. The molecule has 0 aliphatic carbocycles. The number of anilines is 2. The van der Waals surface area contributed by atoms with Gasteiger partial charge in [-0.2, -0.15) is 0 Å². The van der Waals surface area contributed by atoms with Crippen LogP contribution in [0.2, 0.25) is 0 Å². The highest BCUT2D eigenvalue weighted by atomic mass is 127. The second-order valence-corrected chi connectivity index (χ2v) is 11.7. The Hall–Kier alpha value is -2.34. The molecule has 37 heavy (non-hydrogen) atoms. The van der Waals surface area contributed by atoms with Gasteiger partial charge in [-0.3, -0.25) is 9.59 Å². The molecule has 2 N–H and O–H groups in total. The maximum atomic E-state index is 14.6. The number of carbonyl (C=O) groups excluding carboxylic acids is 2. The zero-order valence-corrected chi connectivity index (χ0v) is 23.3. The Morgan fingerprint density at radius 1 is 1.05 bits per heavy atom. The fourth-order valence-corrected chi connectivity index (χ4v) is 4.64. The van der Waals surface area contributed by atoms with Crippen molar-refractivity contribution in [3.63, 3.8) is 0 Å². The third-order valence-corrected chi connectivity index (χ3v) is 6.64. The average Bonchev–Trinajstić information content (AvgIpc) is 2.77. The third kappa shape index (κ3) is 8.07. The summed E-state index contributed by atoms with van der Waals surface area (Å²) >= 11 is 1.92. The van der Waals surface area contributed by atoms with Crippen molar-refractivity contribution in [3.8, 4) is 0 Å². The number of benzene rings is 2. The number of halogens is 4. The summed E-state index contributed by atoms with van der Waals surface area (Å²) in [6.07, 6.45) is 3.87. The lowest BCUT2D eigenvalue weighted by atomic mass is 9.87. The quantitative estimate of drug-likeness (QED) is 0.182. The van der Waals surface area contributed by atoms with Crippen molar-refractivity contribution < 1.29 is 32.6 Å². The average molecular weight is 632 g/mol. The number of likely N-dealkylation sites (tertiary alicyclic amines) is 1. The summed E-state index contributed by atoms with van der Waals surface area (Å²) in [6, 6.07) is 6.20. The highest BCUT2D eigenvalue weighted by Gasteiger charge is 2.43. The Kier molecular flexibility index (Phi) is 9.49. The molecule has 2 aromatic carbocycles. The molecule has 6 nitrogen and oxygen atoms in total. The van der Waals surface area contributed by atoms with E-state index in [1.807, 2.05) is 43.4 Å². The topological polar surface area (TPSA) is 78.9 Å². The van der Waals surface area contributed by atoms with Crippen molar-refractivity contribution in [3.05, 3.63) is 56.9 Å². The van der Waals surface area contributed by atoms with E-state index in [0.717, 1.165) is 31.4 Å². The van der Waals surface area contributed by atoms with Crippen molar-refractivity contribution in [1.29, 1.82) is 0 Å². The molecule has 0 spiro atoms. The highest BCUT2D eigenvalue weighted by molar-refractivity contribution is 14.1. The predicted molar refractivity (Wildman–Crippen MR) is 143 cm³/mol. The smallest absolute Gasteiger partial charge is 0.306 e. The van der Waals surface area contributed by atoms with Crippen LogP contribution in [0.3, 0.4) is 0 Å². The summed E-state index contributed by atoms with van der Waals surface area (Å²) in [5.74, 6) is -3.94. The third-order valence-electron chi connectivity index (χ3n) is 5.97. The summed E-state index contributed by atoms with van der Waals surface area (Å²) in [6.45, 7) is 5.59. The normalized spacial score (nSPS) is 14.8.